The van der Waals surface area contributed by atoms with Crippen molar-refractivity contribution in [1.82, 2.24) is 5.32 Å². The Morgan fingerprint density at radius 3 is 2.50 bits per heavy atom. The monoisotopic (exact) mass is 192 g/mol. The number of nitrogens with two attached hydrogens (primary N) is 1. The second-order valence-electron chi connectivity index (χ2n) is 3.48. The van der Waals surface area contributed by atoms with E-state index in [-0.39, 0.29) is 18.5 Å². The van der Waals surface area contributed by atoms with Crippen LogP contribution in [0.2, 0.25) is 0 Å². The molecule has 3 N–H and O–H groups in total. The molecule has 0 aliphatic heterocycles. The highest BCUT2D eigenvalue weighted by Crippen LogP contribution is 2.12. The molecule has 1 amide bonds. The normalized spacial score (nSPS) is 12.4. The first-order valence-electron chi connectivity index (χ1n) is 4.68. The van der Waals surface area contributed by atoms with Gasteiger partial charge in [0.15, 0.2) is 0 Å². The molecule has 0 heterocycles. The Hall–Kier alpha value is -1.35. The van der Waals surface area contributed by atoms with Crippen LogP contribution in [0.4, 0.5) is 0 Å². The van der Waals surface area contributed by atoms with Gasteiger partial charge in [-0.25, -0.2) is 0 Å². The van der Waals surface area contributed by atoms with Crippen molar-refractivity contribution >= 4 is 5.91 Å². The van der Waals surface area contributed by atoms with Crippen LogP contribution in [0.1, 0.15) is 24.1 Å². The van der Waals surface area contributed by atoms with E-state index in [1.165, 1.54) is 5.56 Å². The maximum Gasteiger partial charge on any atom is 0.231 e. The van der Waals surface area contributed by atoms with E-state index in [0.717, 1.165) is 5.56 Å². The number of hydrogen-bond acceptors (Lipinski definition) is 2. The van der Waals surface area contributed by atoms with Crippen molar-refractivity contribution in [2.24, 2.45) is 5.73 Å². The first kappa shape index (κ1) is 10.7. The van der Waals surface area contributed by atoms with Crippen LogP contribution in [0, 0.1) is 6.92 Å². The summed E-state index contributed by atoms with van der Waals surface area (Å²) in [6, 6.07) is 8.36. The minimum absolute atomic E-state index is 0.156. The summed E-state index contributed by atoms with van der Waals surface area (Å²) in [6.45, 7) is 4.27. The SMILES string of the molecule is Cc1ccc(C(C)NCC(N)=O)cc1. The molecule has 3 nitrogen and oxygen atoms in total. The predicted molar refractivity (Wildman–Crippen MR) is 56.8 cm³/mol. The number of hydrogen-bond donors (Lipinski definition) is 2. The fourth-order valence-corrected chi connectivity index (χ4v) is 1.23. The van der Waals surface area contributed by atoms with Crippen molar-refractivity contribution in [3.63, 3.8) is 0 Å². The van der Waals surface area contributed by atoms with Crippen molar-refractivity contribution in [2.45, 2.75) is 19.9 Å². The van der Waals surface area contributed by atoms with Gasteiger partial charge in [-0.3, -0.25) is 4.79 Å². The molecule has 0 aromatic heterocycles. The molecule has 0 saturated carbocycles. The Morgan fingerprint density at radius 1 is 1.43 bits per heavy atom. The summed E-state index contributed by atoms with van der Waals surface area (Å²) in [6.07, 6.45) is 0. The molecule has 1 aromatic carbocycles. The third-order valence-electron chi connectivity index (χ3n) is 2.16. The van der Waals surface area contributed by atoms with Crippen LogP contribution >= 0.6 is 0 Å². The van der Waals surface area contributed by atoms with E-state index >= 15 is 0 Å². The molecule has 1 atom stereocenters. The lowest BCUT2D eigenvalue weighted by Crippen LogP contribution is -2.30. The molecular formula is C11H16N2O. The van der Waals surface area contributed by atoms with Crippen molar-refractivity contribution in [2.75, 3.05) is 6.54 Å². The molecule has 0 spiro atoms. The van der Waals surface area contributed by atoms with Gasteiger partial charge in [-0.15, -0.1) is 0 Å². The first-order chi connectivity index (χ1) is 6.59. The fourth-order valence-electron chi connectivity index (χ4n) is 1.23. The second kappa shape index (κ2) is 4.77. The first-order valence-corrected chi connectivity index (χ1v) is 4.68. The van der Waals surface area contributed by atoms with Gasteiger partial charge in [0, 0.05) is 6.04 Å². The Kier molecular flexibility index (Phi) is 3.65. The van der Waals surface area contributed by atoms with Gasteiger partial charge >= 0.3 is 0 Å². The third kappa shape index (κ3) is 3.18. The van der Waals surface area contributed by atoms with Gasteiger partial charge in [-0.05, 0) is 19.4 Å². The minimum Gasteiger partial charge on any atom is -0.369 e. The van der Waals surface area contributed by atoms with Gasteiger partial charge in [-0.2, -0.15) is 0 Å². The van der Waals surface area contributed by atoms with Crippen molar-refractivity contribution < 1.29 is 4.79 Å². The molecular weight excluding hydrogens is 176 g/mol. The summed E-state index contributed by atoms with van der Waals surface area (Å²) in [5.41, 5.74) is 7.44. The number of aryl methyl sites for hydroxylation is 1. The molecule has 1 rings (SSSR count). The van der Waals surface area contributed by atoms with Gasteiger partial charge < -0.3 is 11.1 Å². The van der Waals surface area contributed by atoms with E-state index in [1.807, 2.05) is 26.0 Å². The highest BCUT2D eigenvalue weighted by atomic mass is 16.1. The topological polar surface area (TPSA) is 55.1 Å². The van der Waals surface area contributed by atoms with E-state index in [2.05, 4.69) is 17.4 Å². The molecule has 3 heteroatoms. The summed E-state index contributed by atoms with van der Waals surface area (Å²) in [5.74, 6) is -0.330. The van der Waals surface area contributed by atoms with Gasteiger partial charge in [0.25, 0.3) is 0 Å². The molecule has 14 heavy (non-hydrogen) atoms. The molecule has 1 aromatic rings. The summed E-state index contributed by atoms with van der Waals surface area (Å²) >= 11 is 0. The molecule has 0 radical (unpaired) electrons. The summed E-state index contributed by atoms with van der Waals surface area (Å²) in [5, 5.41) is 3.04. The van der Waals surface area contributed by atoms with Gasteiger partial charge in [0.05, 0.1) is 6.54 Å². The third-order valence-corrected chi connectivity index (χ3v) is 2.16. The van der Waals surface area contributed by atoms with Crippen molar-refractivity contribution in [3.05, 3.63) is 35.4 Å². The number of carbonyl (C=O) groups is 1. The van der Waals surface area contributed by atoms with Crippen LogP contribution in [-0.2, 0) is 4.79 Å². The maximum atomic E-state index is 10.5. The maximum absolute atomic E-state index is 10.5. The molecule has 1 unspecified atom stereocenters. The molecule has 0 bridgehead atoms. The van der Waals surface area contributed by atoms with Crippen LogP contribution in [0.5, 0.6) is 0 Å². The lowest BCUT2D eigenvalue weighted by atomic mass is 10.1. The van der Waals surface area contributed by atoms with Crippen LogP contribution < -0.4 is 11.1 Å². The number of benzene rings is 1. The molecule has 0 aliphatic rings. The molecule has 0 fully saturated rings. The summed E-state index contributed by atoms with van der Waals surface area (Å²) in [7, 11) is 0. The van der Waals surface area contributed by atoms with Crippen LogP contribution in [0.15, 0.2) is 24.3 Å². The standard InChI is InChI=1S/C11H16N2O/c1-8-3-5-10(6-4-8)9(2)13-7-11(12)14/h3-6,9,13H,7H2,1-2H3,(H2,12,14). The van der Waals surface area contributed by atoms with Crippen molar-refractivity contribution in [3.8, 4) is 0 Å². The van der Waals surface area contributed by atoms with Gasteiger partial charge in [0.1, 0.15) is 0 Å². The van der Waals surface area contributed by atoms with Gasteiger partial charge in [0.2, 0.25) is 5.91 Å². The molecule has 76 valence electrons. The van der Waals surface area contributed by atoms with Crippen LogP contribution in [-0.4, -0.2) is 12.5 Å². The zero-order valence-electron chi connectivity index (χ0n) is 8.58. The molecule has 0 saturated heterocycles. The van der Waals surface area contributed by atoms with E-state index < -0.39 is 0 Å². The number of rotatable bonds is 4. The Labute approximate surface area is 84.3 Å². The number of carbonyl (C=O) groups excluding carboxylic acids is 1. The highest BCUT2D eigenvalue weighted by molar-refractivity contribution is 5.75. The second-order valence-corrected chi connectivity index (χ2v) is 3.48. The zero-order chi connectivity index (χ0) is 10.6. The minimum atomic E-state index is -0.330. The van der Waals surface area contributed by atoms with E-state index in [4.69, 9.17) is 5.73 Å². The quantitative estimate of drug-likeness (QED) is 0.751. The van der Waals surface area contributed by atoms with E-state index in [0.29, 0.717) is 0 Å². The molecule has 0 aliphatic carbocycles. The largest absolute Gasteiger partial charge is 0.369 e. The lowest BCUT2D eigenvalue weighted by Gasteiger charge is -2.12. The van der Waals surface area contributed by atoms with E-state index in [1.54, 1.807) is 0 Å². The van der Waals surface area contributed by atoms with Crippen molar-refractivity contribution in [1.29, 1.82) is 0 Å². The summed E-state index contributed by atoms with van der Waals surface area (Å²) < 4.78 is 0. The average molecular weight is 192 g/mol. The Balaban J connectivity index is 2.56. The number of primary amides is 1. The lowest BCUT2D eigenvalue weighted by molar-refractivity contribution is -0.117. The Morgan fingerprint density at radius 2 is 2.00 bits per heavy atom. The van der Waals surface area contributed by atoms with Gasteiger partial charge in [-0.1, -0.05) is 29.8 Å². The number of amides is 1. The highest BCUT2D eigenvalue weighted by Gasteiger charge is 2.04. The summed E-state index contributed by atoms with van der Waals surface area (Å²) in [4.78, 5) is 10.5. The van der Waals surface area contributed by atoms with E-state index in [9.17, 15) is 4.79 Å². The van der Waals surface area contributed by atoms with Crippen LogP contribution in [0.3, 0.4) is 0 Å². The van der Waals surface area contributed by atoms with Crippen LogP contribution in [0.25, 0.3) is 0 Å². The zero-order valence-corrected chi connectivity index (χ0v) is 8.58. The predicted octanol–water partition coefficient (Wildman–Crippen LogP) is 1.13. The fraction of sp³-hybridized carbons (Fsp3) is 0.364. The number of nitrogens with one attached hydrogen (secondary N) is 1. The Bertz CT molecular complexity index is 306. The average Bonchev–Trinajstić information content (AvgIpc) is 2.15. The smallest absolute Gasteiger partial charge is 0.231 e.